The van der Waals surface area contributed by atoms with Crippen molar-refractivity contribution in [3.8, 4) is 5.75 Å². The molecule has 4 nitrogen and oxygen atoms in total. The van der Waals surface area contributed by atoms with Gasteiger partial charge in [0.05, 0.1) is 12.0 Å². The highest BCUT2D eigenvalue weighted by molar-refractivity contribution is 5.92. The second-order valence-corrected chi connectivity index (χ2v) is 5.19. The number of phenols is 1. The van der Waals surface area contributed by atoms with E-state index in [4.69, 9.17) is 0 Å². The van der Waals surface area contributed by atoms with Gasteiger partial charge in [0.15, 0.2) is 0 Å². The van der Waals surface area contributed by atoms with E-state index in [0.717, 1.165) is 31.6 Å². The highest BCUT2D eigenvalue weighted by atomic mass is 16.3. The van der Waals surface area contributed by atoms with E-state index in [9.17, 15) is 9.90 Å². The van der Waals surface area contributed by atoms with Gasteiger partial charge in [-0.1, -0.05) is 12.1 Å². The van der Waals surface area contributed by atoms with Crippen LogP contribution in [0.2, 0.25) is 0 Å². The van der Waals surface area contributed by atoms with Gasteiger partial charge in [-0.15, -0.1) is 0 Å². The molecule has 0 saturated heterocycles. The number of hydrogen-bond donors (Lipinski definition) is 2. The summed E-state index contributed by atoms with van der Waals surface area (Å²) in [6.07, 6.45) is 0.872. The molecule has 1 saturated carbocycles. The molecule has 1 aromatic rings. The average Bonchev–Trinajstić information content (AvgIpc) is 3.16. The number of nitrogens with zero attached hydrogens (tertiary/aromatic N) is 1. The highest BCUT2D eigenvalue weighted by Gasteiger charge is 2.62. The normalized spacial score (nSPS) is 25.1. The molecule has 1 fully saturated rings. The van der Waals surface area contributed by atoms with Crippen molar-refractivity contribution in [2.45, 2.75) is 25.7 Å². The van der Waals surface area contributed by atoms with Crippen LogP contribution in [0.1, 0.15) is 25.8 Å². The van der Waals surface area contributed by atoms with Gasteiger partial charge in [0.25, 0.3) is 0 Å². The molecule has 0 aliphatic heterocycles. The van der Waals surface area contributed by atoms with Crippen molar-refractivity contribution in [1.82, 2.24) is 4.90 Å². The lowest BCUT2D eigenvalue weighted by atomic mass is 9.91. The Morgan fingerprint density at radius 1 is 1.37 bits per heavy atom. The summed E-state index contributed by atoms with van der Waals surface area (Å²) in [6, 6.07) is 7.05. The molecule has 0 bridgehead atoms. The third kappa shape index (κ3) is 2.21. The van der Waals surface area contributed by atoms with E-state index < -0.39 is 5.41 Å². The van der Waals surface area contributed by atoms with Crippen LogP contribution in [-0.4, -0.2) is 35.5 Å². The molecule has 2 atom stereocenters. The van der Waals surface area contributed by atoms with Crippen LogP contribution in [0, 0.1) is 5.92 Å². The van der Waals surface area contributed by atoms with Crippen LogP contribution >= 0.6 is 0 Å². The van der Waals surface area contributed by atoms with Gasteiger partial charge in [0, 0.05) is 19.0 Å². The van der Waals surface area contributed by atoms with Crippen molar-refractivity contribution in [1.29, 1.82) is 0 Å². The first-order valence-electron chi connectivity index (χ1n) is 6.98. The third-order valence-corrected chi connectivity index (χ3v) is 4.27. The van der Waals surface area contributed by atoms with E-state index in [1.54, 1.807) is 12.1 Å². The number of amides is 1. The number of hydrogen-bond acceptors (Lipinski definition) is 2. The molecule has 104 valence electrons. The first kappa shape index (κ1) is 13.9. The lowest BCUT2D eigenvalue weighted by Crippen LogP contribution is -2.53. The molecule has 1 aromatic carbocycles. The predicted octanol–water partition coefficient (Wildman–Crippen LogP) is 0.760. The monoisotopic (exact) mass is 263 g/mol. The second kappa shape index (κ2) is 5.21. The summed E-state index contributed by atoms with van der Waals surface area (Å²) in [7, 11) is 0. The molecule has 2 unspecified atom stereocenters. The summed E-state index contributed by atoms with van der Waals surface area (Å²) >= 11 is 0. The maximum Gasteiger partial charge on any atom is 0.233 e. The number of phenolic OH excluding ortho intramolecular Hbond substituents is 1. The molecule has 0 aromatic heterocycles. The molecular formula is C15H23N2O2+. The number of carbonyl (C=O) groups is 1. The number of benzene rings is 1. The molecule has 4 heteroatoms. The molecule has 0 radical (unpaired) electrons. The van der Waals surface area contributed by atoms with Crippen LogP contribution in [0.3, 0.4) is 0 Å². The largest absolute Gasteiger partial charge is 0.508 e. The zero-order valence-corrected chi connectivity index (χ0v) is 11.7. The SMILES string of the molecule is CCN(CC)C(=O)C1(c2ccc(O)cc2)CC1C[NH3+]. The molecule has 4 N–H and O–H groups in total. The smallest absolute Gasteiger partial charge is 0.233 e. The van der Waals surface area contributed by atoms with E-state index in [-0.39, 0.29) is 11.7 Å². The minimum Gasteiger partial charge on any atom is -0.508 e. The number of rotatable bonds is 5. The first-order valence-corrected chi connectivity index (χ1v) is 6.98. The molecule has 2 rings (SSSR count). The summed E-state index contributed by atoms with van der Waals surface area (Å²) in [4.78, 5) is 14.7. The quantitative estimate of drug-likeness (QED) is 0.823. The minimum atomic E-state index is -0.401. The fraction of sp³-hybridized carbons (Fsp3) is 0.533. The average molecular weight is 263 g/mol. The van der Waals surface area contributed by atoms with Gasteiger partial charge < -0.3 is 15.7 Å². The summed E-state index contributed by atoms with van der Waals surface area (Å²) in [6.45, 7) is 6.26. The van der Waals surface area contributed by atoms with Crippen LogP contribution in [0.5, 0.6) is 5.75 Å². The highest BCUT2D eigenvalue weighted by Crippen LogP contribution is 2.54. The van der Waals surface area contributed by atoms with E-state index in [2.05, 4.69) is 5.73 Å². The van der Waals surface area contributed by atoms with E-state index >= 15 is 0 Å². The van der Waals surface area contributed by atoms with Crippen LogP contribution < -0.4 is 5.73 Å². The molecule has 0 spiro atoms. The minimum absolute atomic E-state index is 0.205. The predicted molar refractivity (Wildman–Crippen MR) is 73.6 cm³/mol. The van der Waals surface area contributed by atoms with Gasteiger partial charge in [-0.05, 0) is 38.0 Å². The van der Waals surface area contributed by atoms with Crippen LogP contribution in [0.25, 0.3) is 0 Å². The Kier molecular flexibility index (Phi) is 3.80. The Morgan fingerprint density at radius 2 is 1.95 bits per heavy atom. The Labute approximate surface area is 114 Å². The van der Waals surface area contributed by atoms with Crippen molar-refractivity contribution in [3.63, 3.8) is 0 Å². The Bertz CT molecular complexity index is 454. The number of likely N-dealkylation sites (N-methyl/N-ethyl adjacent to an activating group) is 1. The molecule has 1 amide bonds. The van der Waals surface area contributed by atoms with Gasteiger partial charge in [-0.3, -0.25) is 4.79 Å². The van der Waals surface area contributed by atoms with Gasteiger partial charge in [0.2, 0.25) is 5.91 Å². The standard InChI is InChI=1S/C15H22N2O2/c1-3-17(4-2)14(19)15(9-12(15)10-16)11-5-7-13(18)8-6-11/h5-8,12,18H,3-4,9-10,16H2,1-2H3/p+1. The van der Waals surface area contributed by atoms with Crippen molar-refractivity contribution in [3.05, 3.63) is 29.8 Å². The van der Waals surface area contributed by atoms with Gasteiger partial charge in [-0.2, -0.15) is 0 Å². The fourth-order valence-electron chi connectivity index (χ4n) is 2.97. The summed E-state index contributed by atoms with van der Waals surface area (Å²) in [5.74, 6) is 0.767. The molecule has 1 aliphatic carbocycles. The van der Waals surface area contributed by atoms with E-state index in [1.165, 1.54) is 0 Å². The van der Waals surface area contributed by atoms with Crippen LogP contribution in [-0.2, 0) is 10.2 Å². The summed E-state index contributed by atoms with van der Waals surface area (Å²) in [5.41, 5.74) is 4.57. The van der Waals surface area contributed by atoms with Gasteiger partial charge in [-0.25, -0.2) is 0 Å². The first-order chi connectivity index (χ1) is 9.09. The summed E-state index contributed by atoms with van der Waals surface area (Å²) < 4.78 is 0. The zero-order valence-electron chi connectivity index (χ0n) is 11.7. The molecular weight excluding hydrogens is 240 g/mol. The topological polar surface area (TPSA) is 68.2 Å². The Hall–Kier alpha value is -1.55. The van der Waals surface area contributed by atoms with Crippen LogP contribution in [0.4, 0.5) is 0 Å². The van der Waals surface area contributed by atoms with Gasteiger partial charge in [0.1, 0.15) is 5.75 Å². The molecule has 1 aliphatic rings. The summed E-state index contributed by atoms with van der Waals surface area (Å²) in [5, 5.41) is 9.40. The van der Waals surface area contributed by atoms with E-state index in [1.807, 2.05) is 30.9 Å². The third-order valence-electron chi connectivity index (χ3n) is 4.27. The number of carbonyl (C=O) groups excluding carboxylic acids is 1. The van der Waals surface area contributed by atoms with Crippen molar-refractivity contribution in [2.75, 3.05) is 19.6 Å². The van der Waals surface area contributed by atoms with E-state index in [0.29, 0.717) is 5.92 Å². The number of quaternary nitrogens is 1. The fourth-order valence-corrected chi connectivity index (χ4v) is 2.97. The van der Waals surface area contributed by atoms with Crippen LogP contribution in [0.15, 0.2) is 24.3 Å². The van der Waals surface area contributed by atoms with Crippen molar-refractivity contribution >= 4 is 5.91 Å². The Balaban J connectivity index is 2.34. The maximum atomic E-state index is 12.8. The zero-order chi connectivity index (χ0) is 14.0. The number of aromatic hydroxyl groups is 1. The molecule has 0 heterocycles. The van der Waals surface area contributed by atoms with Gasteiger partial charge >= 0.3 is 0 Å². The lowest BCUT2D eigenvalue weighted by molar-refractivity contribution is -0.373. The van der Waals surface area contributed by atoms with Crippen molar-refractivity contribution in [2.24, 2.45) is 5.92 Å². The maximum absolute atomic E-state index is 12.8. The lowest BCUT2D eigenvalue weighted by Gasteiger charge is -2.26. The second-order valence-electron chi connectivity index (χ2n) is 5.19. The Morgan fingerprint density at radius 3 is 2.37 bits per heavy atom. The van der Waals surface area contributed by atoms with Crippen molar-refractivity contribution < 1.29 is 15.6 Å². The molecule has 19 heavy (non-hydrogen) atoms.